The number of nitrogens with one attached hydrogen (secondary N) is 1. The SMILES string of the molecule is CC[C@H](CC(=O)N1CC(C)(OCC(=O)O)C1)NC(=O)OCC1c2ccccc2-c2ccccc21. The number of fused-ring (bicyclic) bond motifs is 3. The van der Waals surface area contributed by atoms with Crippen molar-refractivity contribution in [2.45, 2.75) is 44.2 Å². The van der Waals surface area contributed by atoms with Gasteiger partial charge in [0.05, 0.1) is 13.1 Å². The summed E-state index contributed by atoms with van der Waals surface area (Å²) in [5.74, 6) is -1.17. The van der Waals surface area contributed by atoms with E-state index in [-0.39, 0.29) is 37.5 Å². The van der Waals surface area contributed by atoms with Crippen LogP contribution in [-0.4, -0.2) is 65.9 Å². The van der Waals surface area contributed by atoms with Gasteiger partial charge in [0.25, 0.3) is 0 Å². The number of carboxylic acids is 1. The molecule has 2 aliphatic rings. The Morgan fingerprint density at radius 2 is 1.68 bits per heavy atom. The van der Waals surface area contributed by atoms with E-state index >= 15 is 0 Å². The van der Waals surface area contributed by atoms with Gasteiger partial charge in [0.15, 0.2) is 0 Å². The highest BCUT2D eigenvalue weighted by atomic mass is 16.5. The lowest BCUT2D eigenvalue weighted by Crippen LogP contribution is -2.64. The molecule has 8 heteroatoms. The van der Waals surface area contributed by atoms with Crippen LogP contribution in [0.5, 0.6) is 0 Å². The lowest BCUT2D eigenvalue weighted by Gasteiger charge is -2.47. The number of hydrogen-bond acceptors (Lipinski definition) is 5. The maximum Gasteiger partial charge on any atom is 0.407 e. The first-order chi connectivity index (χ1) is 16.3. The molecule has 1 atom stereocenters. The van der Waals surface area contributed by atoms with E-state index < -0.39 is 17.7 Å². The van der Waals surface area contributed by atoms with E-state index in [9.17, 15) is 14.4 Å². The summed E-state index contributed by atoms with van der Waals surface area (Å²) in [7, 11) is 0. The molecule has 2 N–H and O–H groups in total. The molecule has 0 saturated carbocycles. The molecule has 0 unspecified atom stereocenters. The van der Waals surface area contributed by atoms with E-state index in [1.807, 2.05) is 31.2 Å². The van der Waals surface area contributed by atoms with Gasteiger partial charge in [-0.1, -0.05) is 55.5 Å². The molecule has 4 rings (SSSR count). The Labute approximate surface area is 198 Å². The smallest absolute Gasteiger partial charge is 0.407 e. The monoisotopic (exact) mass is 466 g/mol. The van der Waals surface area contributed by atoms with Crippen LogP contribution in [0.25, 0.3) is 11.1 Å². The van der Waals surface area contributed by atoms with Gasteiger partial charge in [-0.3, -0.25) is 4.79 Å². The fourth-order valence-electron chi connectivity index (χ4n) is 4.71. The maximum atomic E-state index is 12.6. The average Bonchev–Trinajstić information content (AvgIpc) is 3.12. The third-order valence-electron chi connectivity index (χ3n) is 6.53. The largest absolute Gasteiger partial charge is 0.480 e. The molecule has 0 aromatic heterocycles. The minimum absolute atomic E-state index is 0.0237. The predicted octanol–water partition coefficient (Wildman–Crippen LogP) is 3.40. The number of carbonyl (C=O) groups is 3. The number of likely N-dealkylation sites (tertiary alicyclic amines) is 1. The first-order valence-corrected chi connectivity index (χ1v) is 11.5. The van der Waals surface area contributed by atoms with Crippen LogP contribution in [0, 0.1) is 0 Å². The van der Waals surface area contributed by atoms with Gasteiger partial charge in [-0.15, -0.1) is 0 Å². The topological polar surface area (TPSA) is 105 Å². The number of carboxylic acid groups (broad SMARTS) is 1. The molecule has 2 aromatic rings. The van der Waals surface area contributed by atoms with Gasteiger partial charge in [-0.2, -0.15) is 0 Å². The second kappa shape index (κ2) is 9.85. The van der Waals surface area contributed by atoms with Crippen LogP contribution >= 0.6 is 0 Å². The second-order valence-corrected chi connectivity index (χ2v) is 9.16. The molecule has 2 amide bonds. The van der Waals surface area contributed by atoms with Crippen LogP contribution in [-0.2, 0) is 19.1 Å². The van der Waals surface area contributed by atoms with E-state index in [4.69, 9.17) is 14.6 Å². The van der Waals surface area contributed by atoms with Gasteiger partial charge in [-0.25, -0.2) is 9.59 Å². The van der Waals surface area contributed by atoms with Crippen molar-refractivity contribution in [3.63, 3.8) is 0 Å². The molecule has 1 heterocycles. The van der Waals surface area contributed by atoms with E-state index in [0.29, 0.717) is 19.5 Å². The molecule has 0 bridgehead atoms. The molecule has 34 heavy (non-hydrogen) atoms. The van der Waals surface area contributed by atoms with Crippen molar-refractivity contribution in [3.05, 3.63) is 59.7 Å². The van der Waals surface area contributed by atoms with Crippen LogP contribution in [0.15, 0.2) is 48.5 Å². The summed E-state index contributed by atoms with van der Waals surface area (Å²) in [5.41, 5.74) is 3.97. The first kappa shape index (κ1) is 23.8. The quantitative estimate of drug-likeness (QED) is 0.587. The Hall–Kier alpha value is -3.39. The summed E-state index contributed by atoms with van der Waals surface area (Å²) in [5, 5.41) is 11.6. The molecule has 2 aromatic carbocycles. The number of hydrogen-bond donors (Lipinski definition) is 2. The highest BCUT2D eigenvalue weighted by molar-refractivity contribution is 5.80. The number of amides is 2. The van der Waals surface area contributed by atoms with Crippen molar-refractivity contribution in [3.8, 4) is 11.1 Å². The summed E-state index contributed by atoms with van der Waals surface area (Å²) in [6.45, 7) is 4.18. The minimum Gasteiger partial charge on any atom is -0.480 e. The van der Waals surface area contributed by atoms with Crippen molar-refractivity contribution in [1.29, 1.82) is 0 Å². The molecule has 8 nitrogen and oxygen atoms in total. The molecule has 0 spiro atoms. The molecule has 180 valence electrons. The van der Waals surface area contributed by atoms with Crippen molar-refractivity contribution in [2.75, 3.05) is 26.3 Å². The molecule has 1 saturated heterocycles. The molecule has 1 aliphatic heterocycles. The zero-order chi connectivity index (χ0) is 24.3. The molecule has 1 fully saturated rings. The molecule has 1 aliphatic carbocycles. The van der Waals surface area contributed by atoms with E-state index in [0.717, 1.165) is 22.3 Å². The van der Waals surface area contributed by atoms with Gasteiger partial charge >= 0.3 is 12.1 Å². The van der Waals surface area contributed by atoms with E-state index in [1.54, 1.807) is 11.8 Å². The van der Waals surface area contributed by atoms with Gasteiger partial charge in [0.1, 0.15) is 18.8 Å². The van der Waals surface area contributed by atoms with Crippen LogP contribution < -0.4 is 5.32 Å². The Morgan fingerprint density at radius 1 is 1.09 bits per heavy atom. The van der Waals surface area contributed by atoms with Crippen LogP contribution in [0.1, 0.15) is 43.7 Å². The number of rotatable bonds is 9. The Bertz CT molecular complexity index is 1030. The number of alkyl carbamates (subject to hydrolysis) is 1. The summed E-state index contributed by atoms with van der Waals surface area (Å²) < 4.78 is 10.9. The van der Waals surface area contributed by atoms with Crippen molar-refractivity contribution >= 4 is 18.0 Å². The van der Waals surface area contributed by atoms with Crippen molar-refractivity contribution in [2.24, 2.45) is 0 Å². The highest BCUT2D eigenvalue weighted by Gasteiger charge is 2.43. The minimum atomic E-state index is -1.04. The fourth-order valence-corrected chi connectivity index (χ4v) is 4.71. The lowest BCUT2D eigenvalue weighted by molar-refractivity contribution is -0.173. The summed E-state index contributed by atoms with van der Waals surface area (Å²) in [4.78, 5) is 37.5. The van der Waals surface area contributed by atoms with Crippen LogP contribution in [0.2, 0.25) is 0 Å². The Morgan fingerprint density at radius 3 is 2.24 bits per heavy atom. The Kier molecular flexibility index (Phi) is 6.88. The van der Waals surface area contributed by atoms with E-state index in [2.05, 4.69) is 29.6 Å². The number of ether oxygens (including phenoxy) is 2. The number of aliphatic carboxylic acids is 1. The highest BCUT2D eigenvalue weighted by Crippen LogP contribution is 2.44. The molecular weight excluding hydrogens is 436 g/mol. The number of carbonyl (C=O) groups excluding carboxylic acids is 2. The zero-order valence-corrected chi connectivity index (χ0v) is 19.5. The first-order valence-electron chi connectivity index (χ1n) is 11.5. The fraction of sp³-hybridized carbons (Fsp3) is 0.423. The summed E-state index contributed by atoms with van der Waals surface area (Å²) >= 11 is 0. The standard InChI is InChI=1S/C26H30N2O6/c1-3-17(12-23(29)28-15-26(2,16-28)34-14-24(30)31)27-25(32)33-13-22-20-10-6-4-8-18(20)19-9-5-7-11-21(19)22/h4-11,17,22H,3,12-16H2,1-2H3,(H,27,32)(H,30,31)/t17-/m1/s1. The van der Waals surface area contributed by atoms with Gasteiger partial charge < -0.3 is 24.8 Å². The van der Waals surface area contributed by atoms with Gasteiger partial charge in [-0.05, 0) is 35.6 Å². The molecule has 0 radical (unpaired) electrons. The summed E-state index contributed by atoms with van der Waals surface area (Å²) in [6.07, 6.45) is 0.187. The second-order valence-electron chi connectivity index (χ2n) is 9.16. The Balaban J connectivity index is 1.28. The normalized spacial score (nSPS) is 16.7. The van der Waals surface area contributed by atoms with E-state index in [1.165, 1.54) is 0 Å². The maximum absolute atomic E-state index is 12.6. The number of benzene rings is 2. The summed E-state index contributed by atoms with van der Waals surface area (Å²) in [6, 6.07) is 15.9. The van der Waals surface area contributed by atoms with Crippen molar-refractivity contribution < 1.29 is 29.0 Å². The van der Waals surface area contributed by atoms with Gasteiger partial charge in [0, 0.05) is 18.4 Å². The zero-order valence-electron chi connectivity index (χ0n) is 19.5. The third-order valence-corrected chi connectivity index (χ3v) is 6.53. The van der Waals surface area contributed by atoms with Crippen LogP contribution in [0.3, 0.4) is 0 Å². The lowest BCUT2D eigenvalue weighted by atomic mass is 9.95. The molecular formula is C26H30N2O6. The number of nitrogens with zero attached hydrogens (tertiary/aromatic N) is 1. The van der Waals surface area contributed by atoms with Crippen molar-refractivity contribution in [1.82, 2.24) is 10.2 Å². The predicted molar refractivity (Wildman–Crippen MR) is 125 cm³/mol. The third kappa shape index (κ3) is 5.07. The van der Waals surface area contributed by atoms with Gasteiger partial charge in [0.2, 0.25) is 5.91 Å². The van der Waals surface area contributed by atoms with Crippen LogP contribution in [0.4, 0.5) is 4.79 Å². The average molecular weight is 467 g/mol.